The molecular weight excluding hydrogens is 571 g/mol. The number of benzene rings is 1. The zero-order chi connectivity index (χ0) is 29.6. The van der Waals surface area contributed by atoms with Gasteiger partial charge in [0.2, 0.25) is 18.0 Å². The monoisotopic (exact) mass is 600 g/mol. The van der Waals surface area contributed by atoms with Crippen molar-refractivity contribution >= 4 is 53.8 Å². The van der Waals surface area contributed by atoms with Crippen LogP contribution in [0.5, 0.6) is 5.75 Å². The van der Waals surface area contributed by atoms with Crippen LogP contribution in [0.3, 0.4) is 0 Å². The number of carboxylic acids is 1. The molecule has 3 aliphatic rings. The number of nitrogens with zero attached hydrogens (tertiary/aromatic N) is 3. The number of carboxylic acid groups (broad SMARTS) is 1. The van der Waals surface area contributed by atoms with Crippen LogP contribution >= 0.6 is 11.8 Å². The van der Waals surface area contributed by atoms with Gasteiger partial charge in [0.05, 0.1) is 0 Å². The van der Waals surface area contributed by atoms with E-state index in [1.165, 1.54) is 29.2 Å². The van der Waals surface area contributed by atoms with Gasteiger partial charge in [-0.2, -0.15) is 0 Å². The van der Waals surface area contributed by atoms with Crippen LogP contribution in [0.2, 0.25) is 0 Å². The number of phenols is 1. The van der Waals surface area contributed by atoms with Gasteiger partial charge in [-0.25, -0.2) is 9.59 Å². The van der Waals surface area contributed by atoms with Gasteiger partial charge in [0, 0.05) is 24.4 Å². The van der Waals surface area contributed by atoms with E-state index in [0.29, 0.717) is 4.90 Å². The van der Waals surface area contributed by atoms with Crippen LogP contribution in [0.1, 0.15) is 33.8 Å². The molecule has 0 bridgehead atoms. The van der Waals surface area contributed by atoms with Gasteiger partial charge in [0.25, 0.3) is 5.91 Å². The van der Waals surface area contributed by atoms with Crippen molar-refractivity contribution in [2.75, 3.05) is 19.6 Å². The molecule has 3 fully saturated rings. The molecule has 1 unspecified atom stereocenters. The first kappa shape index (κ1) is 32.2. The maximum absolute atomic E-state index is 13.7. The zero-order valence-corrected chi connectivity index (χ0v) is 25.6. The average Bonchev–Trinajstić information content (AvgIpc) is 3.17. The van der Waals surface area contributed by atoms with Crippen molar-refractivity contribution in [1.82, 2.24) is 30.7 Å². The van der Waals surface area contributed by atoms with Gasteiger partial charge in [-0.15, -0.1) is 11.8 Å². The summed E-state index contributed by atoms with van der Waals surface area (Å²) < 4.78 is -0.971. The van der Waals surface area contributed by atoms with E-state index >= 15 is 0 Å². The molecule has 1 aromatic rings. The summed E-state index contributed by atoms with van der Waals surface area (Å²) >= 11 is 1.07. The number of hydrogen-bond donors (Lipinski definition) is 5. The normalized spacial score (nSPS) is 25.3. The van der Waals surface area contributed by atoms with E-state index in [9.17, 15) is 43.8 Å². The summed E-state index contributed by atoms with van der Waals surface area (Å²) in [4.78, 5) is 91.4. The minimum atomic E-state index is -2.02. The third kappa shape index (κ3) is 5.48. The maximum atomic E-state index is 13.7. The Bertz CT molecular complexity index is 1300. The maximum Gasteiger partial charge on any atom is 1.00 e. The number of amides is 7. The summed E-state index contributed by atoms with van der Waals surface area (Å²) in [6.07, 6.45) is 0.197. The predicted molar refractivity (Wildman–Crippen MR) is 138 cm³/mol. The molecule has 17 heteroatoms. The number of rotatable bonds is 8. The number of urea groups is 1. The molecule has 1 aromatic carbocycles. The van der Waals surface area contributed by atoms with Crippen LogP contribution in [0, 0.1) is 0 Å². The van der Waals surface area contributed by atoms with Crippen LogP contribution in [0.15, 0.2) is 24.3 Å². The summed E-state index contributed by atoms with van der Waals surface area (Å²) in [6.45, 7) is 5.16. The number of carbonyl (C=O) groups excluding carboxylic acids is 6. The van der Waals surface area contributed by atoms with Gasteiger partial charge in [-0.05, 0) is 38.5 Å². The van der Waals surface area contributed by atoms with Crippen LogP contribution in [-0.2, 0) is 28.8 Å². The molecule has 0 radical (unpaired) electrons. The third-order valence-electron chi connectivity index (χ3n) is 7.08. The average molecular weight is 601 g/mol. The molecule has 0 aromatic heterocycles. The SMILES string of the molecule is CCN1CCN(C(=O)NC(C(=O)N[C@]2(NC=O)C(=O)N3[C@@H](C(=O)O)C(C)(C)S[C@@H]32)c2ccc(O)cc2)C(=O)C1=O.[H-].[Na+]. The molecule has 3 saturated heterocycles. The molecule has 0 saturated carbocycles. The molecule has 216 valence electrons. The number of piperazine rings is 1. The number of fused-ring (bicyclic) bond motifs is 1. The van der Waals surface area contributed by atoms with Gasteiger partial charge < -0.3 is 37.4 Å². The molecule has 0 aliphatic carbocycles. The smallest absolute Gasteiger partial charge is 1.00 e. The fourth-order valence-electron chi connectivity index (χ4n) is 5.04. The first-order valence-corrected chi connectivity index (χ1v) is 13.1. The second kappa shape index (κ2) is 11.9. The Morgan fingerprint density at radius 1 is 1.15 bits per heavy atom. The Morgan fingerprint density at radius 3 is 2.34 bits per heavy atom. The number of phenolic OH excluding ortho intramolecular Hbond substituents is 1. The van der Waals surface area contributed by atoms with Crippen molar-refractivity contribution < 1.29 is 74.8 Å². The summed E-state index contributed by atoms with van der Waals surface area (Å²) in [5, 5.41) is 25.6. The number of nitrogens with one attached hydrogen (secondary N) is 3. The summed E-state index contributed by atoms with van der Waals surface area (Å²) in [5.41, 5.74) is -1.88. The van der Waals surface area contributed by atoms with E-state index in [0.717, 1.165) is 16.7 Å². The summed E-state index contributed by atoms with van der Waals surface area (Å²) in [7, 11) is 0. The van der Waals surface area contributed by atoms with E-state index in [-0.39, 0.29) is 68.3 Å². The van der Waals surface area contributed by atoms with Gasteiger partial charge >= 0.3 is 53.4 Å². The van der Waals surface area contributed by atoms with E-state index < -0.39 is 63.5 Å². The molecule has 15 nitrogen and oxygen atoms in total. The summed E-state index contributed by atoms with van der Waals surface area (Å²) in [5.74, 6) is -5.20. The van der Waals surface area contributed by atoms with Crippen LogP contribution in [-0.4, -0.2) is 108 Å². The van der Waals surface area contributed by atoms with Gasteiger partial charge in [0.15, 0.2) is 0 Å². The molecule has 3 heterocycles. The minimum Gasteiger partial charge on any atom is -1.00 e. The van der Waals surface area contributed by atoms with E-state index in [1.807, 2.05) is 0 Å². The Labute approximate surface area is 262 Å². The van der Waals surface area contributed by atoms with Crippen molar-refractivity contribution in [3.63, 3.8) is 0 Å². The predicted octanol–water partition coefficient (Wildman–Crippen LogP) is -4.34. The third-order valence-corrected chi connectivity index (χ3v) is 8.71. The van der Waals surface area contributed by atoms with Crippen LogP contribution in [0.4, 0.5) is 4.79 Å². The first-order chi connectivity index (χ1) is 18.8. The van der Waals surface area contributed by atoms with Crippen molar-refractivity contribution in [2.24, 2.45) is 0 Å². The van der Waals surface area contributed by atoms with Crippen molar-refractivity contribution in [3.05, 3.63) is 29.8 Å². The number of carbonyl (C=O) groups is 7. The number of hydrogen-bond acceptors (Lipinski definition) is 9. The first-order valence-electron chi connectivity index (χ1n) is 12.3. The van der Waals surface area contributed by atoms with E-state index in [1.54, 1.807) is 20.8 Å². The second-order valence-corrected chi connectivity index (χ2v) is 11.6. The van der Waals surface area contributed by atoms with Crippen molar-refractivity contribution in [1.29, 1.82) is 0 Å². The molecule has 5 N–H and O–H groups in total. The summed E-state index contributed by atoms with van der Waals surface area (Å²) in [6, 6.07) is 1.31. The van der Waals surface area contributed by atoms with E-state index in [4.69, 9.17) is 0 Å². The molecule has 3 aliphatic heterocycles. The molecule has 41 heavy (non-hydrogen) atoms. The quantitative estimate of drug-likeness (QED) is 0.0638. The fourth-order valence-corrected chi connectivity index (χ4v) is 6.70. The van der Waals surface area contributed by atoms with Crippen LogP contribution < -0.4 is 45.5 Å². The molecular formula is C24H29N6NaO9S. The Morgan fingerprint density at radius 2 is 1.78 bits per heavy atom. The standard InChI is InChI=1S/C24H28N6O9S.Na.H/c1-4-28-9-10-29(18(35)17(28)34)22(39)26-14(12-5-7-13(32)8-6-12)16(33)27-24(25-11-31)20(38)30-15(19(36)37)23(2,3)40-21(24)30;;/h5-8,11,14-15,21,32H,4,9-10H2,1-3H3,(H,25,31)(H,26,39)(H,27,33)(H,36,37);;/q;+1;-1/t14?,15-,21+,24+;;/m0../s1. The topological polar surface area (TPSA) is 206 Å². The number of aliphatic carboxylic acids is 1. The van der Waals surface area contributed by atoms with Crippen molar-refractivity contribution in [2.45, 2.75) is 48.6 Å². The minimum absolute atomic E-state index is 0. The molecule has 0 spiro atoms. The Balaban J connectivity index is 0.00000308. The number of likely N-dealkylation sites (N-methyl/N-ethyl adjacent to an activating group) is 1. The molecule has 4 rings (SSSR count). The van der Waals surface area contributed by atoms with Gasteiger partial charge in [-0.3, -0.25) is 28.9 Å². The number of imide groups is 1. The Kier molecular flexibility index (Phi) is 9.32. The molecule has 7 amide bonds. The number of aromatic hydroxyl groups is 1. The van der Waals surface area contributed by atoms with Crippen molar-refractivity contribution in [3.8, 4) is 5.75 Å². The zero-order valence-electron chi connectivity index (χ0n) is 23.7. The Hall–Kier alpha value is -3.34. The van der Waals surface area contributed by atoms with E-state index in [2.05, 4.69) is 16.0 Å². The number of β-lactam (4-membered cyclic amide) rings is 1. The van der Waals surface area contributed by atoms with Crippen LogP contribution in [0.25, 0.3) is 0 Å². The fraction of sp³-hybridized carbons (Fsp3) is 0.458. The second-order valence-electron chi connectivity index (χ2n) is 9.90. The van der Waals surface area contributed by atoms with Gasteiger partial charge in [-0.1, -0.05) is 12.1 Å². The number of thioether (sulfide) groups is 1. The largest absolute Gasteiger partial charge is 1.00 e. The molecule has 4 atom stereocenters. The van der Waals surface area contributed by atoms with Gasteiger partial charge in [0.1, 0.15) is 23.2 Å².